The lowest BCUT2D eigenvalue weighted by atomic mass is 10.0. The smallest absolute Gasteiger partial charge is 0.117 e. The van der Waals surface area contributed by atoms with Gasteiger partial charge >= 0.3 is 0 Å². The molecule has 0 rings (SSSR count). The molecule has 0 aromatic rings. The summed E-state index contributed by atoms with van der Waals surface area (Å²) in [6.45, 7) is 10.2. The Bertz CT molecular complexity index is 402. The van der Waals surface area contributed by atoms with Gasteiger partial charge in [0.05, 0.1) is 40.4 Å². The van der Waals surface area contributed by atoms with Gasteiger partial charge in [0.15, 0.2) is 0 Å². The highest BCUT2D eigenvalue weighted by atomic mass is 31.2. The average Bonchev–Trinajstić information content (AvgIpc) is 2.68. The van der Waals surface area contributed by atoms with Crippen molar-refractivity contribution in [1.29, 1.82) is 0 Å². The summed E-state index contributed by atoms with van der Waals surface area (Å²) < 4.78 is 12.8. The third kappa shape index (κ3) is 18.9. The zero-order valence-corrected chi connectivity index (χ0v) is 22.5. The first-order valence-corrected chi connectivity index (χ1v) is 15.2. The summed E-state index contributed by atoms with van der Waals surface area (Å²) in [6.07, 6.45) is 26.4. The maximum Gasteiger partial charge on any atom is 0.117 e. The maximum absolute atomic E-state index is 5.84. The molecule has 0 saturated carbocycles. The van der Waals surface area contributed by atoms with Crippen LogP contribution in [0.3, 0.4) is 0 Å². The maximum atomic E-state index is 5.84. The minimum absolute atomic E-state index is 0.703. The molecule has 4 heteroatoms. The molecular weight excluding hydrogens is 389 g/mol. The van der Waals surface area contributed by atoms with Gasteiger partial charge in [-0.05, 0) is 26.7 Å². The lowest BCUT2D eigenvalue weighted by Gasteiger charge is -2.31. The van der Waals surface area contributed by atoms with E-state index in [9.17, 15) is 0 Å². The van der Waals surface area contributed by atoms with E-state index in [0.717, 1.165) is 17.1 Å². The van der Waals surface area contributed by atoms with Crippen LogP contribution in [0.2, 0.25) is 0 Å². The number of hydrogen-bond donors (Lipinski definition) is 0. The van der Waals surface area contributed by atoms with E-state index in [-0.39, 0.29) is 0 Å². The summed E-state index contributed by atoms with van der Waals surface area (Å²) in [5, 5.41) is 0. The molecule has 0 aromatic carbocycles. The van der Waals surface area contributed by atoms with Crippen LogP contribution >= 0.6 is 7.34 Å². The van der Waals surface area contributed by atoms with Gasteiger partial charge in [0.1, 0.15) is 7.34 Å². The van der Waals surface area contributed by atoms with Gasteiger partial charge in [-0.1, -0.05) is 90.3 Å². The summed E-state index contributed by atoms with van der Waals surface area (Å²) in [7, 11) is 2.86. The second-order valence-electron chi connectivity index (χ2n) is 9.71. The molecule has 0 aromatic heterocycles. The van der Waals surface area contributed by atoms with Crippen LogP contribution < -0.4 is 0 Å². The fourth-order valence-electron chi connectivity index (χ4n) is 4.22. The number of nitrogens with zero attached hydrogens (tertiary/aromatic N) is 1. The SMILES string of the molecule is C=P(CCC[N+](C)(C)CCCCCCCCCCCCCCCC)(OCC)OCC. The van der Waals surface area contributed by atoms with Gasteiger partial charge in [-0.25, -0.2) is 0 Å². The number of hydrogen-bond acceptors (Lipinski definition) is 2. The summed E-state index contributed by atoms with van der Waals surface area (Å²) in [4.78, 5) is 0. The van der Waals surface area contributed by atoms with Crippen LogP contribution in [0.4, 0.5) is 0 Å². The first-order valence-electron chi connectivity index (χ1n) is 13.2. The van der Waals surface area contributed by atoms with Crippen LogP contribution in [-0.4, -0.2) is 57.3 Å². The summed E-state index contributed by atoms with van der Waals surface area (Å²) in [5.41, 5.74) is 0. The molecule has 0 spiro atoms. The van der Waals surface area contributed by atoms with E-state index in [4.69, 9.17) is 9.05 Å². The van der Waals surface area contributed by atoms with Gasteiger partial charge in [0.2, 0.25) is 0 Å². The molecule has 0 N–H and O–H groups in total. The molecule has 0 atom stereocenters. The Hall–Kier alpha value is 0.180. The molecule has 0 unspecified atom stereocenters. The molecule has 0 saturated heterocycles. The van der Waals surface area contributed by atoms with Crippen molar-refractivity contribution in [2.75, 3.05) is 46.6 Å². The molecule has 0 fully saturated rings. The fraction of sp³-hybridized carbons (Fsp3) is 0.962. The van der Waals surface area contributed by atoms with Crippen LogP contribution in [0.1, 0.15) is 117 Å². The van der Waals surface area contributed by atoms with Crippen LogP contribution in [-0.2, 0) is 9.05 Å². The normalized spacial score (nSPS) is 12.6. The minimum atomic E-state index is -1.88. The van der Waals surface area contributed by atoms with Crippen molar-refractivity contribution in [2.24, 2.45) is 0 Å². The average molecular weight is 447 g/mol. The third-order valence-corrected chi connectivity index (χ3v) is 8.56. The Morgan fingerprint density at radius 3 is 1.33 bits per heavy atom. The van der Waals surface area contributed by atoms with Gasteiger partial charge in [0, 0.05) is 12.6 Å². The molecule has 0 aliphatic heterocycles. The molecule has 0 aliphatic rings. The van der Waals surface area contributed by atoms with E-state index in [1.54, 1.807) is 0 Å². The van der Waals surface area contributed by atoms with Gasteiger partial charge in [0.25, 0.3) is 0 Å². The van der Waals surface area contributed by atoms with E-state index < -0.39 is 7.34 Å². The largest absolute Gasteiger partial charge is 0.338 e. The third-order valence-electron chi connectivity index (χ3n) is 6.11. The van der Waals surface area contributed by atoms with Crippen LogP contribution in [0.25, 0.3) is 0 Å². The highest BCUT2D eigenvalue weighted by Gasteiger charge is 2.19. The Morgan fingerprint density at radius 2 is 0.933 bits per heavy atom. The number of unbranched alkanes of at least 4 members (excludes halogenated alkanes) is 13. The van der Waals surface area contributed by atoms with E-state index in [2.05, 4.69) is 27.3 Å². The van der Waals surface area contributed by atoms with Crippen molar-refractivity contribution in [3.8, 4) is 0 Å². The monoisotopic (exact) mass is 446 g/mol. The molecule has 0 bridgehead atoms. The van der Waals surface area contributed by atoms with Crippen molar-refractivity contribution >= 4 is 13.6 Å². The quantitative estimate of drug-likeness (QED) is 0.0893. The predicted molar refractivity (Wildman–Crippen MR) is 139 cm³/mol. The first-order chi connectivity index (χ1) is 14.4. The molecule has 0 heterocycles. The van der Waals surface area contributed by atoms with Crippen molar-refractivity contribution in [3.63, 3.8) is 0 Å². The number of rotatable bonds is 23. The Kier molecular flexibility index (Phi) is 20.0. The zero-order chi connectivity index (χ0) is 22.6. The molecule has 30 heavy (non-hydrogen) atoms. The van der Waals surface area contributed by atoms with Crippen molar-refractivity contribution < 1.29 is 13.5 Å². The highest BCUT2D eigenvalue weighted by Crippen LogP contribution is 2.47. The predicted octanol–water partition coefficient (Wildman–Crippen LogP) is 8.29. The molecule has 0 amide bonds. The zero-order valence-electron chi connectivity index (χ0n) is 21.6. The lowest BCUT2D eigenvalue weighted by Crippen LogP contribution is -2.41. The Balaban J connectivity index is 3.58. The second kappa shape index (κ2) is 19.8. The molecule has 182 valence electrons. The van der Waals surface area contributed by atoms with Crippen molar-refractivity contribution in [3.05, 3.63) is 0 Å². The van der Waals surface area contributed by atoms with Gasteiger partial charge in [-0.2, -0.15) is 0 Å². The van der Waals surface area contributed by atoms with Crippen molar-refractivity contribution in [1.82, 2.24) is 0 Å². The molecule has 0 radical (unpaired) electrons. The topological polar surface area (TPSA) is 18.5 Å². The fourth-order valence-corrected chi connectivity index (χ4v) is 6.12. The molecule has 0 aliphatic carbocycles. The van der Waals surface area contributed by atoms with Crippen LogP contribution in [0.5, 0.6) is 0 Å². The van der Waals surface area contributed by atoms with E-state index >= 15 is 0 Å². The number of quaternary nitrogens is 1. The van der Waals surface area contributed by atoms with Gasteiger partial charge in [-0.15, -0.1) is 0 Å². The van der Waals surface area contributed by atoms with Gasteiger partial charge in [-0.3, -0.25) is 0 Å². The van der Waals surface area contributed by atoms with Gasteiger partial charge < -0.3 is 13.5 Å². The van der Waals surface area contributed by atoms with E-state index in [1.165, 1.54) is 103 Å². The van der Waals surface area contributed by atoms with Crippen LogP contribution in [0, 0.1) is 0 Å². The molecule has 3 nitrogen and oxygen atoms in total. The summed E-state index contributed by atoms with van der Waals surface area (Å²) >= 11 is 0. The van der Waals surface area contributed by atoms with E-state index in [1.807, 2.05) is 13.8 Å². The summed E-state index contributed by atoms with van der Waals surface area (Å²) in [5.74, 6) is 0. The first kappa shape index (κ1) is 30.2. The highest BCUT2D eigenvalue weighted by molar-refractivity contribution is 7.64. The second-order valence-corrected chi connectivity index (χ2v) is 12.3. The van der Waals surface area contributed by atoms with E-state index in [0.29, 0.717) is 13.2 Å². The Labute approximate surface area is 191 Å². The Morgan fingerprint density at radius 1 is 0.567 bits per heavy atom. The van der Waals surface area contributed by atoms with Crippen LogP contribution in [0.15, 0.2) is 0 Å². The minimum Gasteiger partial charge on any atom is -0.338 e. The lowest BCUT2D eigenvalue weighted by molar-refractivity contribution is -0.890. The van der Waals surface area contributed by atoms with Crippen molar-refractivity contribution in [2.45, 2.75) is 117 Å². The standard InChI is InChI=1S/C26H57NO2P/c1-7-10-11-12-13-14-15-16-17-18-19-20-21-22-24-27(4,5)25-23-26-30(6,28-8-2)29-9-3/h6-26H2,1-5H3/q+1. The molecular formula is C26H57NO2P+. The summed E-state index contributed by atoms with van der Waals surface area (Å²) in [6, 6.07) is 0.